The fraction of sp³-hybridized carbons (Fsp3) is 0.714. The van der Waals surface area contributed by atoms with E-state index in [2.05, 4.69) is 41.2 Å². The van der Waals surface area contributed by atoms with Gasteiger partial charge in [-0.2, -0.15) is 0 Å². The van der Waals surface area contributed by atoms with Gasteiger partial charge in [0.15, 0.2) is 0 Å². The van der Waals surface area contributed by atoms with Crippen LogP contribution in [0.2, 0.25) is 3.72 Å². The van der Waals surface area contributed by atoms with Crippen LogP contribution in [0.25, 0.3) is 0 Å². The van der Waals surface area contributed by atoms with Crippen LogP contribution in [0.15, 0.2) is 22.3 Å². The van der Waals surface area contributed by atoms with Gasteiger partial charge in [0.1, 0.15) is 0 Å². The molecule has 0 radical (unpaired) electrons. The molecule has 0 amide bonds. The predicted octanol–water partition coefficient (Wildman–Crippen LogP) is -4.28. The third-order valence-electron chi connectivity index (χ3n) is 4.32. The molecular formula is C14H21Cl3Ti. The molecule has 0 fully saturated rings. The van der Waals surface area contributed by atoms with Crippen molar-refractivity contribution in [2.75, 3.05) is 0 Å². The van der Waals surface area contributed by atoms with Crippen LogP contribution < -0.4 is 37.2 Å². The van der Waals surface area contributed by atoms with Crippen molar-refractivity contribution in [1.29, 1.82) is 0 Å². The fourth-order valence-corrected chi connectivity index (χ4v) is 4.04. The molecule has 0 spiro atoms. The van der Waals surface area contributed by atoms with Crippen LogP contribution >= 0.6 is 0 Å². The third kappa shape index (κ3) is 3.21. The zero-order valence-electron chi connectivity index (χ0n) is 11.4. The van der Waals surface area contributed by atoms with Crippen molar-refractivity contribution in [2.45, 2.75) is 63.0 Å². The van der Waals surface area contributed by atoms with Crippen LogP contribution in [0.4, 0.5) is 0 Å². The number of hydrogen-bond acceptors (Lipinski definition) is 0. The van der Waals surface area contributed by atoms with E-state index in [-0.39, 0.29) is 37.2 Å². The van der Waals surface area contributed by atoms with E-state index in [9.17, 15) is 0 Å². The summed E-state index contributed by atoms with van der Waals surface area (Å²) in [7, 11) is 0. The average molecular weight is 344 g/mol. The Bertz CT molecular complexity index is 347. The van der Waals surface area contributed by atoms with E-state index in [0.29, 0.717) is 3.72 Å². The molecule has 0 aromatic rings. The Kier molecular flexibility index (Phi) is 9.94. The molecule has 0 aromatic carbocycles. The van der Waals surface area contributed by atoms with E-state index < -0.39 is 0 Å². The van der Waals surface area contributed by atoms with E-state index in [1.54, 1.807) is 22.3 Å². The van der Waals surface area contributed by atoms with E-state index in [1.807, 2.05) is 0 Å². The summed E-state index contributed by atoms with van der Waals surface area (Å²) >= 11 is 2.46. The molecule has 1 unspecified atom stereocenters. The first kappa shape index (κ1) is 21.4. The molecule has 2 aliphatic rings. The first-order valence-corrected chi connectivity index (χ1v) is 7.11. The Balaban J connectivity index is 0. The Morgan fingerprint density at radius 3 is 2.11 bits per heavy atom. The van der Waals surface area contributed by atoms with Crippen molar-refractivity contribution in [3.8, 4) is 0 Å². The maximum absolute atomic E-state index is 2.46. The minimum absolute atomic E-state index is 0. The van der Waals surface area contributed by atoms with Gasteiger partial charge in [-0.05, 0) is 0 Å². The fourth-order valence-electron chi connectivity index (χ4n) is 3.38. The van der Waals surface area contributed by atoms with Gasteiger partial charge in [-0.15, -0.1) is 0 Å². The van der Waals surface area contributed by atoms with Gasteiger partial charge in [0.2, 0.25) is 0 Å². The maximum Gasteiger partial charge on any atom is -1.00 e. The molecule has 0 saturated carbocycles. The molecule has 0 aromatic heterocycles. The van der Waals surface area contributed by atoms with Crippen LogP contribution in [0.3, 0.4) is 0 Å². The molecular weight excluding hydrogens is 322 g/mol. The molecule has 18 heavy (non-hydrogen) atoms. The number of halogens is 3. The quantitative estimate of drug-likeness (QED) is 0.446. The minimum atomic E-state index is 0. The average Bonchev–Trinajstić information content (AvgIpc) is 2.50. The van der Waals surface area contributed by atoms with Gasteiger partial charge in [-0.25, -0.2) is 0 Å². The van der Waals surface area contributed by atoms with E-state index in [0.717, 1.165) is 0 Å². The first-order chi connectivity index (χ1) is 7.15. The van der Waals surface area contributed by atoms with Crippen LogP contribution in [0.1, 0.15) is 59.3 Å². The van der Waals surface area contributed by atoms with Crippen LogP contribution in [-0.4, -0.2) is 0 Å². The number of allylic oxidation sites excluding steroid dienone is 4. The Hall–Kier alpha value is 1.06. The molecule has 0 saturated heterocycles. The maximum atomic E-state index is 2.46. The Labute approximate surface area is 142 Å². The van der Waals surface area contributed by atoms with Gasteiger partial charge in [0, 0.05) is 0 Å². The smallest absolute Gasteiger partial charge is 1.00 e. The summed E-state index contributed by atoms with van der Waals surface area (Å²) in [5.41, 5.74) is 6.93. The van der Waals surface area contributed by atoms with Gasteiger partial charge < -0.3 is 37.2 Å². The summed E-state index contributed by atoms with van der Waals surface area (Å²) in [4.78, 5) is 0. The Morgan fingerprint density at radius 1 is 1.06 bits per heavy atom. The topological polar surface area (TPSA) is 0 Å². The molecule has 2 rings (SSSR count). The molecule has 2 aliphatic carbocycles. The zero-order chi connectivity index (χ0) is 11.1. The van der Waals surface area contributed by atoms with Crippen molar-refractivity contribution >= 4 is 0 Å². The van der Waals surface area contributed by atoms with Crippen molar-refractivity contribution in [3.05, 3.63) is 22.3 Å². The van der Waals surface area contributed by atoms with E-state index >= 15 is 0 Å². The normalized spacial score (nSPS) is 26.1. The Morgan fingerprint density at radius 2 is 1.61 bits per heavy atom. The second-order valence-electron chi connectivity index (χ2n) is 4.88. The van der Waals surface area contributed by atoms with Gasteiger partial charge in [0.05, 0.1) is 0 Å². The van der Waals surface area contributed by atoms with Gasteiger partial charge in [-0.3, -0.25) is 0 Å². The van der Waals surface area contributed by atoms with E-state index in [1.165, 1.54) is 38.5 Å². The predicted molar refractivity (Wildman–Crippen MR) is 61.5 cm³/mol. The van der Waals surface area contributed by atoms with Gasteiger partial charge >= 0.3 is 106 Å². The summed E-state index contributed by atoms with van der Waals surface area (Å²) in [6.07, 6.45) is 8.06. The second kappa shape index (κ2) is 8.37. The van der Waals surface area contributed by atoms with Gasteiger partial charge in [0.25, 0.3) is 0 Å². The molecule has 0 heterocycles. The standard InChI is InChI=1S/C14H21.3ClH.Ti/c1-4-11-10(3)12(5-2)14-9-7-6-8-13(11)14;;;;/h4-9H2,1-3H3;3*1H;/q;;;;+3/p-3. The summed E-state index contributed by atoms with van der Waals surface area (Å²) in [6.45, 7) is 7.04. The molecule has 0 nitrogen and oxygen atoms in total. The van der Waals surface area contributed by atoms with Crippen LogP contribution in [0.5, 0.6) is 0 Å². The minimum Gasteiger partial charge on any atom is -1.00 e. The molecule has 1 atom stereocenters. The summed E-state index contributed by atoms with van der Waals surface area (Å²) in [5, 5.41) is 0. The van der Waals surface area contributed by atoms with Crippen molar-refractivity contribution in [1.82, 2.24) is 0 Å². The van der Waals surface area contributed by atoms with Crippen LogP contribution in [0, 0.1) is 0 Å². The molecule has 0 aliphatic heterocycles. The van der Waals surface area contributed by atoms with Crippen molar-refractivity contribution < 1.29 is 57.7 Å². The second-order valence-corrected chi connectivity index (χ2v) is 6.21. The number of hydrogen-bond donors (Lipinski definition) is 0. The third-order valence-corrected chi connectivity index (χ3v) is 5.93. The molecule has 4 heteroatoms. The molecule has 0 N–H and O–H groups in total. The molecule has 0 bridgehead atoms. The number of rotatable bonds is 2. The van der Waals surface area contributed by atoms with Crippen molar-refractivity contribution in [2.24, 2.45) is 0 Å². The zero-order valence-corrected chi connectivity index (χ0v) is 15.2. The summed E-state index contributed by atoms with van der Waals surface area (Å²) in [5.74, 6) is 0. The molecule has 102 valence electrons. The van der Waals surface area contributed by atoms with Crippen molar-refractivity contribution in [3.63, 3.8) is 0 Å². The summed E-state index contributed by atoms with van der Waals surface area (Å²) < 4.78 is 0.418. The monoisotopic (exact) mass is 342 g/mol. The first-order valence-electron chi connectivity index (χ1n) is 6.33. The van der Waals surface area contributed by atoms with E-state index in [4.69, 9.17) is 0 Å². The SMILES string of the molecule is CCC1=C(C)[C]([Ti+3])(CC)C2=C1CCCC2.[Cl-].[Cl-].[Cl-]. The van der Waals surface area contributed by atoms with Crippen LogP contribution in [-0.2, 0) is 20.4 Å². The van der Waals surface area contributed by atoms with Gasteiger partial charge in [-0.1, -0.05) is 0 Å². The summed E-state index contributed by atoms with van der Waals surface area (Å²) in [6, 6.07) is 0. The largest absolute Gasteiger partial charge is 1.00 e.